The van der Waals surface area contributed by atoms with Gasteiger partial charge in [0.1, 0.15) is 25.7 Å². The number of benzene rings is 3. The number of esters is 2. The highest BCUT2D eigenvalue weighted by Gasteiger charge is 2.40. The van der Waals surface area contributed by atoms with Gasteiger partial charge >= 0.3 is 11.9 Å². The van der Waals surface area contributed by atoms with E-state index in [2.05, 4.69) is 45.2 Å². The molecule has 13 nitrogen and oxygen atoms in total. The Labute approximate surface area is 357 Å². The van der Waals surface area contributed by atoms with Crippen LogP contribution >= 0.6 is 0 Å². The molecule has 0 bridgehead atoms. The second-order valence-corrected chi connectivity index (χ2v) is 15.5. The van der Waals surface area contributed by atoms with Gasteiger partial charge in [0.2, 0.25) is 0 Å². The Morgan fingerprint density at radius 2 is 1.13 bits per heavy atom. The second kappa shape index (κ2) is 23.7. The van der Waals surface area contributed by atoms with E-state index in [1.165, 1.54) is 17.5 Å². The number of nitrogens with zero attached hydrogens (tertiary/aromatic N) is 2. The molecule has 2 atom stereocenters. The quantitative estimate of drug-likeness (QED) is 0.0512. The lowest BCUT2D eigenvalue weighted by Crippen LogP contribution is -2.55. The number of carbonyl (C=O) groups excluding carboxylic acids is 2. The number of hydrogen-bond acceptors (Lipinski definition) is 11. The monoisotopic (exact) mass is 836 g/mol. The lowest BCUT2D eigenvalue weighted by molar-refractivity contribution is -0.947. The van der Waals surface area contributed by atoms with Crippen LogP contribution in [0.5, 0.6) is 34.5 Å². The van der Waals surface area contributed by atoms with Gasteiger partial charge in [0.25, 0.3) is 0 Å². The number of quaternary nitrogens is 2. The predicted molar refractivity (Wildman–Crippen MR) is 230 cm³/mol. The van der Waals surface area contributed by atoms with Crippen molar-refractivity contribution < 1.29 is 61.2 Å². The lowest BCUT2D eigenvalue weighted by atomic mass is 9.86. The van der Waals surface area contributed by atoms with Crippen LogP contribution in [0.4, 0.5) is 0 Å². The highest BCUT2D eigenvalue weighted by molar-refractivity contribution is 5.91. The third-order valence-electron chi connectivity index (χ3n) is 11.3. The maximum Gasteiger partial charge on any atom is 0.331 e. The summed E-state index contributed by atoms with van der Waals surface area (Å²) in [7, 11) is 12.1. The Balaban J connectivity index is 0.00000257. The number of fused-ring (bicyclic) bond motifs is 1. The first-order chi connectivity index (χ1) is 29.0. The summed E-state index contributed by atoms with van der Waals surface area (Å²) in [6.07, 6.45) is 6.46. The molecular weight excluding hydrogens is 769 g/mol. The van der Waals surface area contributed by atoms with E-state index in [4.69, 9.17) is 42.6 Å². The summed E-state index contributed by atoms with van der Waals surface area (Å²) < 4.78 is 51.6. The number of methoxy groups -OCH3 is 6. The minimum atomic E-state index is -0.579. The first kappa shape index (κ1) is 47.7. The maximum absolute atomic E-state index is 12.6. The fourth-order valence-electron chi connectivity index (χ4n) is 8.12. The topological polar surface area (TPSA) is 117 Å². The van der Waals surface area contributed by atoms with Gasteiger partial charge in [-0.3, -0.25) is 0 Å². The zero-order valence-electron chi connectivity index (χ0n) is 37.3. The van der Waals surface area contributed by atoms with Gasteiger partial charge in [-0.15, -0.1) is 0 Å². The van der Waals surface area contributed by atoms with Crippen LogP contribution in [-0.4, -0.2) is 130 Å². The maximum atomic E-state index is 12.6. The molecule has 0 saturated carbocycles. The molecule has 0 aromatic heterocycles. The molecule has 2 heterocycles. The summed E-state index contributed by atoms with van der Waals surface area (Å²) in [6.45, 7) is 11.1. The summed E-state index contributed by atoms with van der Waals surface area (Å²) in [5.74, 6) is 3.00. The second-order valence-electron chi connectivity index (χ2n) is 15.5. The zero-order valence-corrected chi connectivity index (χ0v) is 37.3. The molecule has 1 fully saturated rings. The van der Waals surface area contributed by atoms with Gasteiger partial charge in [-0.25, -0.2) is 9.59 Å². The van der Waals surface area contributed by atoms with Crippen molar-refractivity contribution in [2.24, 2.45) is 0 Å². The molecule has 330 valence electrons. The van der Waals surface area contributed by atoms with E-state index >= 15 is 0 Å². The molecule has 1 saturated heterocycles. The smallest absolute Gasteiger partial charge is 0.331 e. The van der Waals surface area contributed by atoms with Gasteiger partial charge in [-0.2, -0.15) is 0 Å². The van der Waals surface area contributed by atoms with E-state index in [1.54, 1.807) is 42.7 Å². The Hall–Kier alpha value is -4.98. The molecule has 13 heteroatoms. The average molecular weight is 837 g/mol. The SMILES string of the molecule is CCC.COc1ccc(C[C@@H]2c3cc(OC)c(OC)cc3CC[N+]2(C)CCCOC(=O)/C=C\C(=O)OCCC[N+]2(Cc3ccc(OC)c(OC)c3)CCOCC2)cc1OC. The molecule has 0 amide bonds. The molecule has 0 spiro atoms. The van der Waals surface area contributed by atoms with Gasteiger partial charge in [-0.05, 0) is 53.6 Å². The van der Waals surface area contributed by atoms with Crippen LogP contribution in [0.15, 0.2) is 60.7 Å². The Kier molecular flexibility index (Phi) is 18.9. The molecule has 0 radical (unpaired) electrons. The standard InChI is InChI=1S/C44H60N2O11.C3H8/c1-45(19-16-34-29-41(53-6)42(54-7)30-35(34)36(45)26-32-10-12-37(49-2)39(27-32)51-4)17-8-22-56-43(47)14-15-44(48)57-23-9-18-46(20-24-55-25-21-46)31-33-11-13-38(50-3)40(28-33)52-5;1-3-2/h10-15,27-30,36H,8-9,16-26,31H2,1-7H3;3H2,1-2H3/q+2;/b15-14-;/t36-,45?;/m1./s1. The molecule has 60 heavy (non-hydrogen) atoms. The number of morpholine rings is 1. The van der Waals surface area contributed by atoms with Crippen molar-refractivity contribution in [2.45, 2.75) is 58.5 Å². The summed E-state index contributed by atoms with van der Waals surface area (Å²) in [5, 5.41) is 0. The molecule has 5 rings (SSSR count). The molecule has 1 unspecified atom stereocenters. The van der Waals surface area contributed by atoms with Crippen LogP contribution in [-0.2, 0) is 43.2 Å². The van der Waals surface area contributed by atoms with Crippen molar-refractivity contribution in [1.82, 2.24) is 0 Å². The van der Waals surface area contributed by atoms with Crippen molar-refractivity contribution in [2.75, 3.05) is 109 Å². The fourth-order valence-corrected chi connectivity index (χ4v) is 8.12. The van der Waals surface area contributed by atoms with E-state index < -0.39 is 11.9 Å². The molecule has 3 aromatic carbocycles. The molecule has 2 aliphatic rings. The van der Waals surface area contributed by atoms with Crippen molar-refractivity contribution in [3.05, 3.63) is 82.9 Å². The minimum absolute atomic E-state index is 0.0862. The number of hydrogen-bond donors (Lipinski definition) is 0. The van der Waals surface area contributed by atoms with E-state index in [1.807, 2.05) is 24.3 Å². The van der Waals surface area contributed by atoms with Gasteiger partial charge in [0, 0.05) is 49.0 Å². The van der Waals surface area contributed by atoms with Crippen molar-refractivity contribution >= 4 is 11.9 Å². The highest BCUT2D eigenvalue weighted by Crippen LogP contribution is 2.43. The van der Waals surface area contributed by atoms with E-state index in [9.17, 15) is 9.59 Å². The van der Waals surface area contributed by atoms with Crippen LogP contribution < -0.4 is 28.4 Å². The number of likely N-dealkylation sites (N-methyl/N-ethyl adjacent to an activating group) is 1. The normalized spacial score (nSPS) is 18.0. The van der Waals surface area contributed by atoms with Gasteiger partial charge in [-0.1, -0.05) is 26.3 Å². The summed E-state index contributed by atoms with van der Waals surface area (Å²) in [6, 6.07) is 16.3. The molecule has 2 aliphatic heterocycles. The molecule has 0 N–H and O–H groups in total. The lowest BCUT2D eigenvalue weighted by Gasteiger charge is -2.46. The van der Waals surface area contributed by atoms with Crippen molar-refractivity contribution in [1.29, 1.82) is 0 Å². The van der Waals surface area contributed by atoms with Crippen LogP contribution in [0.1, 0.15) is 61.4 Å². The van der Waals surface area contributed by atoms with Gasteiger partial charge in [0.05, 0.1) is 95.8 Å². The van der Waals surface area contributed by atoms with Crippen molar-refractivity contribution in [3.63, 3.8) is 0 Å². The van der Waals surface area contributed by atoms with E-state index in [-0.39, 0.29) is 19.3 Å². The van der Waals surface area contributed by atoms with Gasteiger partial charge in [0.15, 0.2) is 34.5 Å². The zero-order chi connectivity index (χ0) is 43.5. The number of rotatable bonds is 20. The average Bonchev–Trinajstić information content (AvgIpc) is 3.27. The first-order valence-corrected chi connectivity index (χ1v) is 21.0. The predicted octanol–water partition coefficient (Wildman–Crippen LogP) is 6.91. The highest BCUT2D eigenvalue weighted by atomic mass is 16.5. The third kappa shape index (κ3) is 13.0. The molecular formula is C47H68N2O11+2. The largest absolute Gasteiger partial charge is 0.493 e. The molecule has 0 aliphatic carbocycles. The number of ether oxygens (including phenoxy) is 9. The molecule has 3 aromatic rings. The van der Waals surface area contributed by atoms with E-state index in [0.29, 0.717) is 60.6 Å². The fraction of sp³-hybridized carbons (Fsp3) is 0.532. The first-order valence-electron chi connectivity index (χ1n) is 21.0. The van der Waals surface area contributed by atoms with Crippen LogP contribution in [0.25, 0.3) is 0 Å². The van der Waals surface area contributed by atoms with E-state index in [0.717, 1.165) is 84.4 Å². The Morgan fingerprint density at radius 3 is 1.68 bits per heavy atom. The summed E-state index contributed by atoms with van der Waals surface area (Å²) >= 11 is 0. The Bertz CT molecular complexity index is 1860. The summed E-state index contributed by atoms with van der Waals surface area (Å²) in [4.78, 5) is 25.2. The van der Waals surface area contributed by atoms with Gasteiger partial charge < -0.3 is 51.6 Å². The van der Waals surface area contributed by atoms with Crippen molar-refractivity contribution in [3.8, 4) is 34.5 Å². The van der Waals surface area contributed by atoms with Crippen LogP contribution in [0.2, 0.25) is 0 Å². The number of carbonyl (C=O) groups is 2. The minimum Gasteiger partial charge on any atom is -0.493 e. The summed E-state index contributed by atoms with van der Waals surface area (Å²) in [5.41, 5.74) is 4.69. The third-order valence-corrected chi connectivity index (χ3v) is 11.3. The van der Waals surface area contributed by atoms with Crippen LogP contribution in [0, 0.1) is 0 Å². The van der Waals surface area contributed by atoms with Crippen LogP contribution in [0.3, 0.4) is 0 Å². The Morgan fingerprint density at radius 1 is 0.650 bits per heavy atom.